The molecule has 5 rings (SSSR count). The van der Waals surface area contributed by atoms with Gasteiger partial charge in [-0.3, -0.25) is 4.79 Å². The van der Waals surface area contributed by atoms with Crippen molar-refractivity contribution in [3.05, 3.63) is 93.9 Å². The predicted octanol–water partition coefficient (Wildman–Crippen LogP) is 4.14. The summed E-state index contributed by atoms with van der Waals surface area (Å²) in [6, 6.07) is 22.3. The number of aryl methyl sites for hydroxylation is 1. The highest BCUT2D eigenvalue weighted by Crippen LogP contribution is 2.36. The minimum absolute atomic E-state index is 0.0714. The van der Waals surface area contributed by atoms with Gasteiger partial charge >= 0.3 is 0 Å². The van der Waals surface area contributed by atoms with Gasteiger partial charge in [0.2, 0.25) is 0 Å². The molecule has 25 heavy (non-hydrogen) atoms. The molecule has 1 aliphatic rings. The standard InChI is InChI=1S/C22H18N2O/c25-21-13-11-18-20(24(21)14-15-6-2-1-3-7-15)12-10-17-16-8-4-5-9-19(16)23-22(17)18/h1-9,11,13,23H,10,12,14H2. The molecule has 0 spiro atoms. The fourth-order valence-electron chi connectivity index (χ4n) is 3.99. The normalized spacial score (nSPS) is 12.8. The molecule has 2 aromatic heterocycles. The molecule has 4 aromatic rings. The first-order chi connectivity index (χ1) is 12.3. The summed E-state index contributed by atoms with van der Waals surface area (Å²) >= 11 is 0. The van der Waals surface area contributed by atoms with Gasteiger partial charge in [-0.25, -0.2) is 0 Å². The molecule has 2 aromatic carbocycles. The van der Waals surface area contributed by atoms with E-state index in [0.717, 1.165) is 29.7 Å². The maximum atomic E-state index is 12.5. The first kappa shape index (κ1) is 14.3. The average Bonchev–Trinajstić information content (AvgIpc) is 3.04. The van der Waals surface area contributed by atoms with Crippen molar-refractivity contribution in [1.82, 2.24) is 9.55 Å². The minimum atomic E-state index is 0.0714. The van der Waals surface area contributed by atoms with E-state index in [1.807, 2.05) is 28.8 Å². The van der Waals surface area contributed by atoms with Crippen LogP contribution in [0.3, 0.4) is 0 Å². The number of rotatable bonds is 2. The lowest BCUT2D eigenvalue weighted by Gasteiger charge is -2.21. The van der Waals surface area contributed by atoms with Gasteiger partial charge in [0.05, 0.1) is 12.2 Å². The lowest BCUT2D eigenvalue weighted by molar-refractivity contribution is 0.689. The van der Waals surface area contributed by atoms with E-state index < -0.39 is 0 Å². The third-order valence-electron chi connectivity index (χ3n) is 5.17. The van der Waals surface area contributed by atoms with Crippen molar-refractivity contribution < 1.29 is 0 Å². The molecule has 2 heterocycles. The van der Waals surface area contributed by atoms with E-state index in [-0.39, 0.29) is 5.56 Å². The summed E-state index contributed by atoms with van der Waals surface area (Å²) in [6.07, 6.45) is 1.86. The molecule has 1 aliphatic carbocycles. The highest BCUT2D eigenvalue weighted by Gasteiger charge is 2.23. The molecular formula is C22H18N2O. The number of benzene rings is 2. The molecule has 0 radical (unpaired) electrons. The number of nitrogens with zero attached hydrogens (tertiary/aromatic N) is 1. The maximum Gasteiger partial charge on any atom is 0.251 e. The van der Waals surface area contributed by atoms with Gasteiger partial charge in [0, 0.05) is 28.2 Å². The van der Waals surface area contributed by atoms with Crippen molar-refractivity contribution >= 4 is 10.9 Å². The van der Waals surface area contributed by atoms with Gasteiger partial charge in [0.25, 0.3) is 5.56 Å². The molecule has 0 bridgehead atoms. The zero-order chi connectivity index (χ0) is 16.8. The number of hydrogen-bond donors (Lipinski definition) is 1. The average molecular weight is 326 g/mol. The summed E-state index contributed by atoms with van der Waals surface area (Å²) in [5, 5.41) is 1.30. The Bertz CT molecular complexity index is 1140. The zero-order valence-corrected chi connectivity index (χ0v) is 13.8. The number of fused-ring (bicyclic) bond motifs is 5. The molecule has 3 nitrogen and oxygen atoms in total. The second-order valence-corrected chi connectivity index (χ2v) is 6.63. The molecule has 122 valence electrons. The van der Waals surface area contributed by atoms with Crippen LogP contribution in [0.2, 0.25) is 0 Å². The van der Waals surface area contributed by atoms with Gasteiger partial charge in [-0.05, 0) is 36.1 Å². The Balaban J connectivity index is 1.70. The van der Waals surface area contributed by atoms with Crippen molar-refractivity contribution in [2.75, 3.05) is 0 Å². The van der Waals surface area contributed by atoms with Gasteiger partial charge in [-0.15, -0.1) is 0 Å². The van der Waals surface area contributed by atoms with Crippen molar-refractivity contribution in [2.24, 2.45) is 0 Å². The summed E-state index contributed by atoms with van der Waals surface area (Å²) in [6.45, 7) is 0.623. The van der Waals surface area contributed by atoms with Crippen LogP contribution in [0.1, 0.15) is 16.8 Å². The Hall–Kier alpha value is -3.07. The van der Waals surface area contributed by atoms with E-state index in [1.54, 1.807) is 6.07 Å². The summed E-state index contributed by atoms with van der Waals surface area (Å²) in [5.41, 5.74) is 7.23. The van der Waals surface area contributed by atoms with E-state index in [4.69, 9.17) is 0 Å². The second-order valence-electron chi connectivity index (χ2n) is 6.63. The number of aromatic amines is 1. The van der Waals surface area contributed by atoms with E-state index in [1.165, 1.54) is 22.2 Å². The number of hydrogen-bond acceptors (Lipinski definition) is 1. The summed E-state index contributed by atoms with van der Waals surface area (Å²) in [4.78, 5) is 16.1. The first-order valence-corrected chi connectivity index (χ1v) is 8.68. The molecule has 3 heteroatoms. The lowest BCUT2D eigenvalue weighted by atomic mass is 9.92. The topological polar surface area (TPSA) is 37.8 Å². The van der Waals surface area contributed by atoms with Gasteiger partial charge in [0.1, 0.15) is 0 Å². The third kappa shape index (κ3) is 2.23. The number of nitrogens with one attached hydrogen (secondary N) is 1. The van der Waals surface area contributed by atoms with Gasteiger partial charge in [-0.2, -0.15) is 0 Å². The van der Waals surface area contributed by atoms with Crippen molar-refractivity contribution in [1.29, 1.82) is 0 Å². The quantitative estimate of drug-likeness (QED) is 0.590. The minimum Gasteiger partial charge on any atom is -0.354 e. The van der Waals surface area contributed by atoms with Crippen LogP contribution in [0.25, 0.3) is 22.2 Å². The SMILES string of the molecule is O=c1ccc2c(n1Cc1ccccc1)CCc1c-2[nH]c2ccccc12. The Morgan fingerprint density at radius 2 is 1.68 bits per heavy atom. The Morgan fingerprint density at radius 1 is 0.880 bits per heavy atom. The molecule has 0 amide bonds. The fourth-order valence-corrected chi connectivity index (χ4v) is 3.99. The summed E-state index contributed by atoms with van der Waals surface area (Å²) in [7, 11) is 0. The number of pyridine rings is 1. The van der Waals surface area contributed by atoms with Crippen LogP contribution in [-0.4, -0.2) is 9.55 Å². The van der Waals surface area contributed by atoms with E-state index >= 15 is 0 Å². The smallest absolute Gasteiger partial charge is 0.251 e. The van der Waals surface area contributed by atoms with Gasteiger partial charge < -0.3 is 9.55 Å². The van der Waals surface area contributed by atoms with Gasteiger partial charge in [-0.1, -0.05) is 48.5 Å². The summed E-state index contributed by atoms with van der Waals surface area (Å²) < 4.78 is 1.93. The van der Waals surface area contributed by atoms with Gasteiger partial charge in [0.15, 0.2) is 0 Å². The largest absolute Gasteiger partial charge is 0.354 e. The molecule has 0 unspecified atom stereocenters. The highest BCUT2D eigenvalue weighted by molar-refractivity contribution is 5.92. The number of aromatic nitrogens is 2. The van der Waals surface area contributed by atoms with E-state index in [9.17, 15) is 4.79 Å². The molecule has 0 atom stereocenters. The fraction of sp³-hybridized carbons (Fsp3) is 0.136. The van der Waals surface area contributed by atoms with Crippen LogP contribution >= 0.6 is 0 Å². The molecule has 0 saturated heterocycles. The van der Waals surface area contributed by atoms with E-state index in [2.05, 4.69) is 41.4 Å². The second kappa shape index (κ2) is 5.49. The predicted molar refractivity (Wildman–Crippen MR) is 101 cm³/mol. The third-order valence-corrected chi connectivity index (χ3v) is 5.17. The Kier molecular flexibility index (Phi) is 3.14. The molecule has 0 fully saturated rings. The van der Waals surface area contributed by atoms with Crippen LogP contribution in [0, 0.1) is 0 Å². The Labute approximate surface area is 145 Å². The van der Waals surface area contributed by atoms with Crippen LogP contribution in [0.15, 0.2) is 71.5 Å². The van der Waals surface area contributed by atoms with Crippen LogP contribution in [0.4, 0.5) is 0 Å². The zero-order valence-electron chi connectivity index (χ0n) is 13.8. The monoisotopic (exact) mass is 326 g/mol. The van der Waals surface area contributed by atoms with Crippen LogP contribution < -0.4 is 5.56 Å². The highest BCUT2D eigenvalue weighted by atomic mass is 16.1. The molecular weight excluding hydrogens is 308 g/mol. The van der Waals surface area contributed by atoms with Crippen molar-refractivity contribution in [3.63, 3.8) is 0 Å². The molecule has 0 aliphatic heterocycles. The van der Waals surface area contributed by atoms with Crippen molar-refractivity contribution in [3.8, 4) is 11.3 Å². The molecule has 0 saturated carbocycles. The summed E-state index contributed by atoms with van der Waals surface area (Å²) in [5.74, 6) is 0. The lowest BCUT2D eigenvalue weighted by Crippen LogP contribution is -2.26. The first-order valence-electron chi connectivity index (χ1n) is 8.68. The number of H-pyrrole nitrogens is 1. The molecule has 1 N–H and O–H groups in total. The number of para-hydroxylation sites is 1. The van der Waals surface area contributed by atoms with E-state index in [0.29, 0.717) is 6.54 Å². The van der Waals surface area contributed by atoms with Crippen LogP contribution in [-0.2, 0) is 19.4 Å². The Morgan fingerprint density at radius 3 is 2.56 bits per heavy atom. The van der Waals surface area contributed by atoms with Crippen molar-refractivity contribution in [2.45, 2.75) is 19.4 Å². The maximum absolute atomic E-state index is 12.5. The van der Waals surface area contributed by atoms with Crippen LogP contribution in [0.5, 0.6) is 0 Å².